The van der Waals surface area contributed by atoms with Gasteiger partial charge in [0.1, 0.15) is 10.9 Å². The van der Waals surface area contributed by atoms with Crippen LogP contribution in [0.2, 0.25) is 5.02 Å². The Labute approximate surface area is 103 Å². The summed E-state index contributed by atoms with van der Waals surface area (Å²) in [5.74, 6) is -0.904. The van der Waals surface area contributed by atoms with Crippen LogP contribution in [0.5, 0.6) is 5.75 Å². The van der Waals surface area contributed by atoms with Crippen LogP contribution < -0.4 is 10.3 Å². The molecule has 0 fully saturated rings. The minimum absolute atomic E-state index is 0.00398. The third-order valence-corrected chi connectivity index (χ3v) is 3.42. The number of nitrogens with one attached hydrogen (secondary N) is 1. The average molecular weight is 308 g/mol. The third-order valence-electron chi connectivity index (χ3n) is 2.08. The molecule has 0 saturated heterocycles. The number of rotatable bonds is 1. The summed E-state index contributed by atoms with van der Waals surface area (Å²) >= 11 is 8.85. The molecular weight excluding hydrogens is 302 g/mol. The van der Waals surface area contributed by atoms with Gasteiger partial charge in [0.2, 0.25) is 0 Å². The number of hydrogen-bond donors (Lipinski definition) is 1. The smallest absolute Gasteiger partial charge is 0.262 e. The summed E-state index contributed by atoms with van der Waals surface area (Å²) in [6.07, 6.45) is 1.19. The number of H-pyrrole nitrogens is 1. The van der Waals surface area contributed by atoms with Gasteiger partial charge in [0, 0.05) is 0 Å². The number of benzene rings is 1. The van der Waals surface area contributed by atoms with Crippen molar-refractivity contribution >= 4 is 38.4 Å². The predicted octanol–water partition coefficient (Wildman–Crippen LogP) is 2.49. The second-order valence-corrected chi connectivity index (χ2v) is 4.10. The van der Waals surface area contributed by atoms with Crippen LogP contribution in [0.1, 0.15) is 0 Å². The van der Waals surface area contributed by atoms with Crippen molar-refractivity contribution in [2.75, 3.05) is 7.11 Å². The minimum atomic E-state index is -0.724. The summed E-state index contributed by atoms with van der Waals surface area (Å²) in [5, 5.41) is 0.0371. The molecule has 0 saturated carbocycles. The van der Waals surface area contributed by atoms with E-state index in [1.807, 2.05) is 0 Å². The second kappa shape index (κ2) is 4.03. The Morgan fingerprint density at radius 3 is 2.94 bits per heavy atom. The highest BCUT2D eigenvalue weighted by Crippen LogP contribution is 2.37. The molecule has 4 nitrogen and oxygen atoms in total. The SMILES string of the molecule is COc1c(F)c(Br)c(Cl)c2nc[nH]c(=O)c12. The Morgan fingerprint density at radius 2 is 2.31 bits per heavy atom. The highest BCUT2D eigenvalue weighted by Gasteiger charge is 2.20. The van der Waals surface area contributed by atoms with Crippen LogP contribution in [-0.2, 0) is 0 Å². The van der Waals surface area contributed by atoms with E-state index in [4.69, 9.17) is 16.3 Å². The first-order chi connectivity index (χ1) is 7.57. The number of nitrogens with zero attached hydrogens (tertiary/aromatic N) is 1. The zero-order chi connectivity index (χ0) is 11.9. The molecule has 0 unspecified atom stereocenters. The van der Waals surface area contributed by atoms with Gasteiger partial charge in [0.15, 0.2) is 11.6 Å². The van der Waals surface area contributed by atoms with Crippen molar-refractivity contribution in [1.29, 1.82) is 0 Å². The summed E-state index contributed by atoms with van der Waals surface area (Å²) in [6.45, 7) is 0. The first-order valence-corrected chi connectivity index (χ1v) is 5.32. The number of aromatic amines is 1. The molecular formula is C9H5BrClFN2O2. The van der Waals surface area contributed by atoms with Crippen molar-refractivity contribution in [3.63, 3.8) is 0 Å². The van der Waals surface area contributed by atoms with Gasteiger partial charge in [-0.25, -0.2) is 9.37 Å². The maximum Gasteiger partial charge on any atom is 0.262 e. The summed E-state index contributed by atoms with van der Waals surface area (Å²) in [4.78, 5) is 17.8. The van der Waals surface area contributed by atoms with Crippen molar-refractivity contribution in [2.24, 2.45) is 0 Å². The molecule has 2 rings (SSSR count). The Bertz CT molecular complexity index is 629. The van der Waals surface area contributed by atoms with Crippen molar-refractivity contribution in [3.05, 3.63) is 32.0 Å². The van der Waals surface area contributed by atoms with Crippen LogP contribution in [0.25, 0.3) is 10.9 Å². The van der Waals surface area contributed by atoms with Gasteiger partial charge < -0.3 is 9.72 Å². The van der Waals surface area contributed by atoms with Crippen molar-refractivity contribution in [3.8, 4) is 5.75 Å². The van der Waals surface area contributed by atoms with Gasteiger partial charge in [0.05, 0.1) is 22.9 Å². The molecule has 7 heteroatoms. The van der Waals surface area contributed by atoms with Crippen LogP contribution in [0.3, 0.4) is 0 Å². The van der Waals surface area contributed by atoms with Crippen LogP contribution >= 0.6 is 27.5 Å². The summed E-state index contributed by atoms with van der Waals surface area (Å²) in [6, 6.07) is 0. The number of hydrogen-bond acceptors (Lipinski definition) is 3. The molecule has 0 aliphatic heterocycles. The Hall–Kier alpha value is -1.14. The first-order valence-electron chi connectivity index (χ1n) is 4.15. The zero-order valence-electron chi connectivity index (χ0n) is 7.97. The average Bonchev–Trinajstić information content (AvgIpc) is 2.28. The molecule has 0 aliphatic carbocycles. The molecule has 0 atom stereocenters. The Morgan fingerprint density at radius 1 is 1.62 bits per heavy atom. The minimum Gasteiger partial charge on any atom is -0.493 e. The lowest BCUT2D eigenvalue weighted by molar-refractivity contribution is 0.390. The van der Waals surface area contributed by atoms with Gasteiger partial charge in [-0.2, -0.15) is 0 Å². The molecule has 0 aliphatic rings. The normalized spacial score (nSPS) is 10.8. The van der Waals surface area contributed by atoms with Gasteiger partial charge in [0.25, 0.3) is 5.56 Å². The van der Waals surface area contributed by atoms with Crippen molar-refractivity contribution < 1.29 is 9.13 Å². The first kappa shape index (κ1) is 11.3. The van der Waals surface area contributed by atoms with E-state index < -0.39 is 11.4 Å². The number of ether oxygens (including phenoxy) is 1. The summed E-state index contributed by atoms with van der Waals surface area (Å²) in [5.41, 5.74) is -0.314. The molecule has 84 valence electrons. The number of aromatic nitrogens is 2. The van der Waals surface area contributed by atoms with E-state index in [1.165, 1.54) is 13.4 Å². The molecule has 16 heavy (non-hydrogen) atoms. The van der Waals surface area contributed by atoms with E-state index in [1.54, 1.807) is 0 Å². The molecule has 2 aromatic rings. The monoisotopic (exact) mass is 306 g/mol. The largest absolute Gasteiger partial charge is 0.493 e. The Kier molecular flexibility index (Phi) is 2.86. The number of halogens is 3. The lowest BCUT2D eigenvalue weighted by atomic mass is 10.2. The summed E-state index contributed by atoms with van der Waals surface area (Å²) in [7, 11) is 1.27. The van der Waals surface area contributed by atoms with E-state index in [-0.39, 0.29) is 26.1 Å². The van der Waals surface area contributed by atoms with Gasteiger partial charge >= 0.3 is 0 Å². The van der Waals surface area contributed by atoms with Gasteiger partial charge in [-0.1, -0.05) is 11.6 Å². The molecule has 0 radical (unpaired) electrons. The van der Waals surface area contributed by atoms with Gasteiger partial charge in [-0.15, -0.1) is 0 Å². The van der Waals surface area contributed by atoms with Crippen molar-refractivity contribution in [2.45, 2.75) is 0 Å². The van der Waals surface area contributed by atoms with Crippen LogP contribution in [0.4, 0.5) is 4.39 Å². The second-order valence-electron chi connectivity index (χ2n) is 2.93. The van der Waals surface area contributed by atoms with Crippen molar-refractivity contribution in [1.82, 2.24) is 9.97 Å². The zero-order valence-corrected chi connectivity index (χ0v) is 10.3. The summed E-state index contributed by atoms with van der Waals surface area (Å²) < 4.78 is 18.6. The maximum absolute atomic E-state index is 13.7. The van der Waals surface area contributed by atoms with Gasteiger partial charge in [-0.05, 0) is 15.9 Å². The lowest BCUT2D eigenvalue weighted by Crippen LogP contribution is -2.09. The number of methoxy groups -OCH3 is 1. The van der Waals surface area contributed by atoms with Crippen LogP contribution in [0.15, 0.2) is 15.6 Å². The highest BCUT2D eigenvalue weighted by molar-refractivity contribution is 9.10. The third kappa shape index (κ3) is 1.49. The molecule has 0 amide bonds. The maximum atomic E-state index is 13.7. The fourth-order valence-electron chi connectivity index (χ4n) is 1.38. The number of fused-ring (bicyclic) bond motifs is 1. The van der Waals surface area contributed by atoms with E-state index in [0.29, 0.717) is 0 Å². The molecule has 1 aromatic heterocycles. The molecule has 0 spiro atoms. The standard InChI is InChI=1S/C9H5BrClFN2O2/c1-16-8-3-7(13-2-14-9(3)15)5(11)4(10)6(8)12/h2H,1H3,(H,13,14,15). The lowest BCUT2D eigenvalue weighted by Gasteiger charge is -2.08. The van der Waals surface area contributed by atoms with Gasteiger partial charge in [-0.3, -0.25) is 4.79 Å². The predicted molar refractivity (Wildman–Crippen MR) is 61.6 cm³/mol. The van der Waals surface area contributed by atoms with Crippen LogP contribution in [0, 0.1) is 5.82 Å². The molecule has 1 heterocycles. The molecule has 1 aromatic carbocycles. The van der Waals surface area contributed by atoms with E-state index in [2.05, 4.69) is 25.9 Å². The molecule has 1 N–H and O–H groups in total. The van der Waals surface area contributed by atoms with E-state index in [9.17, 15) is 9.18 Å². The topological polar surface area (TPSA) is 55.0 Å². The fourth-order valence-corrected chi connectivity index (χ4v) is 1.97. The van der Waals surface area contributed by atoms with E-state index >= 15 is 0 Å². The van der Waals surface area contributed by atoms with Crippen LogP contribution in [-0.4, -0.2) is 17.1 Å². The van der Waals surface area contributed by atoms with E-state index in [0.717, 1.165) is 0 Å². The molecule has 0 bridgehead atoms. The highest BCUT2D eigenvalue weighted by atomic mass is 79.9. The quantitative estimate of drug-likeness (QED) is 0.824. The Balaban J connectivity index is 3.11. The fraction of sp³-hybridized carbons (Fsp3) is 0.111.